The van der Waals surface area contributed by atoms with E-state index in [1.165, 1.54) is 13.0 Å². The number of phenolic OH excluding ortho intramolecular Hbond substituents is 2. The van der Waals surface area contributed by atoms with E-state index in [0.29, 0.717) is 0 Å². The van der Waals surface area contributed by atoms with Gasteiger partial charge in [-0.05, 0) is 24.6 Å². The van der Waals surface area contributed by atoms with Crippen molar-refractivity contribution in [2.75, 3.05) is 7.11 Å². The summed E-state index contributed by atoms with van der Waals surface area (Å²) < 4.78 is 4.44. The first kappa shape index (κ1) is 16.2. The average molecular weight is 295 g/mol. The molecule has 8 nitrogen and oxygen atoms in total. The van der Waals surface area contributed by atoms with Crippen LogP contribution < -0.4 is 0 Å². The number of nitro benzene ring substituents is 1. The van der Waals surface area contributed by atoms with Gasteiger partial charge in [-0.1, -0.05) is 0 Å². The molecule has 0 aromatic heterocycles. The highest BCUT2D eigenvalue weighted by molar-refractivity contribution is 6.01. The highest BCUT2D eigenvalue weighted by atomic mass is 16.6. The molecule has 0 radical (unpaired) electrons. The molecule has 0 atom stereocenters. The third kappa shape index (κ3) is 4.03. The fraction of sp³-hybridized carbons (Fsp3) is 0.231. The fourth-order valence-corrected chi connectivity index (χ4v) is 1.55. The van der Waals surface area contributed by atoms with Gasteiger partial charge in [0.25, 0.3) is 0 Å². The standard InChI is InChI=1S/C13H13NO7/c1-7(15)9(6-12(17)21-2)3-8-4-10(14(19)20)13(18)11(16)5-8/h3-5,16,18H,6H2,1-2H3/b9-3-. The third-order valence-electron chi connectivity index (χ3n) is 2.64. The molecule has 1 aromatic rings. The third-order valence-corrected chi connectivity index (χ3v) is 2.64. The molecule has 0 aliphatic heterocycles. The number of Topliss-reactive ketones (excluding diaryl/α,β-unsaturated/α-hetero) is 1. The minimum Gasteiger partial charge on any atom is -0.504 e. The number of rotatable bonds is 5. The molecule has 0 unspecified atom stereocenters. The van der Waals surface area contributed by atoms with E-state index in [1.54, 1.807) is 0 Å². The van der Waals surface area contributed by atoms with Gasteiger partial charge in [0.1, 0.15) is 0 Å². The summed E-state index contributed by atoms with van der Waals surface area (Å²) in [5, 5.41) is 29.6. The van der Waals surface area contributed by atoms with Crippen LogP contribution in [-0.2, 0) is 14.3 Å². The number of ketones is 1. The number of nitrogens with zero attached hydrogens (tertiary/aromatic N) is 1. The van der Waals surface area contributed by atoms with Crippen LogP contribution in [-0.4, -0.2) is 34.0 Å². The van der Waals surface area contributed by atoms with Crippen LogP contribution >= 0.6 is 0 Å². The Morgan fingerprint density at radius 3 is 2.48 bits per heavy atom. The molecular formula is C13H13NO7. The van der Waals surface area contributed by atoms with E-state index in [9.17, 15) is 29.9 Å². The minimum atomic E-state index is -0.875. The van der Waals surface area contributed by atoms with Gasteiger partial charge in [-0.25, -0.2) is 0 Å². The number of phenols is 2. The van der Waals surface area contributed by atoms with E-state index >= 15 is 0 Å². The van der Waals surface area contributed by atoms with Crippen molar-refractivity contribution in [1.82, 2.24) is 0 Å². The van der Waals surface area contributed by atoms with Crippen LogP contribution in [0, 0.1) is 10.1 Å². The zero-order chi connectivity index (χ0) is 16.2. The summed E-state index contributed by atoms with van der Waals surface area (Å²) in [7, 11) is 1.16. The smallest absolute Gasteiger partial charge is 0.315 e. The largest absolute Gasteiger partial charge is 0.504 e. The molecule has 0 aliphatic rings. The van der Waals surface area contributed by atoms with Crippen molar-refractivity contribution in [3.63, 3.8) is 0 Å². The van der Waals surface area contributed by atoms with Crippen molar-refractivity contribution >= 4 is 23.5 Å². The number of hydrogen-bond donors (Lipinski definition) is 2. The number of aromatic hydroxyl groups is 2. The zero-order valence-electron chi connectivity index (χ0n) is 11.3. The monoisotopic (exact) mass is 295 g/mol. The second-order valence-corrected chi connectivity index (χ2v) is 4.14. The number of hydrogen-bond acceptors (Lipinski definition) is 7. The van der Waals surface area contributed by atoms with Crippen molar-refractivity contribution in [2.45, 2.75) is 13.3 Å². The molecule has 0 saturated carbocycles. The van der Waals surface area contributed by atoms with Gasteiger partial charge >= 0.3 is 11.7 Å². The molecule has 21 heavy (non-hydrogen) atoms. The molecule has 1 rings (SSSR count). The van der Waals surface area contributed by atoms with Crippen LogP contribution in [0.4, 0.5) is 5.69 Å². The first-order chi connectivity index (χ1) is 9.76. The zero-order valence-corrected chi connectivity index (χ0v) is 11.3. The lowest BCUT2D eigenvalue weighted by Gasteiger charge is -2.05. The van der Waals surface area contributed by atoms with E-state index < -0.39 is 33.9 Å². The van der Waals surface area contributed by atoms with Crippen LogP contribution in [0.1, 0.15) is 18.9 Å². The van der Waals surface area contributed by atoms with Gasteiger partial charge in [-0.15, -0.1) is 0 Å². The number of carbonyl (C=O) groups excluding carboxylic acids is 2. The second kappa shape index (κ2) is 6.51. The Hall–Kier alpha value is -2.90. The van der Waals surface area contributed by atoms with Gasteiger partial charge in [-0.3, -0.25) is 19.7 Å². The Bertz CT molecular complexity index is 634. The molecule has 0 saturated heterocycles. The molecule has 8 heteroatoms. The summed E-state index contributed by atoms with van der Waals surface area (Å²) in [6.07, 6.45) is 0.909. The Labute approximate surface area is 119 Å². The summed E-state index contributed by atoms with van der Waals surface area (Å²) in [6.45, 7) is 1.23. The van der Waals surface area contributed by atoms with Crippen LogP contribution in [0.3, 0.4) is 0 Å². The van der Waals surface area contributed by atoms with Crippen molar-refractivity contribution in [1.29, 1.82) is 0 Å². The Kier molecular flexibility index (Phi) is 5.01. The molecule has 0 amide bonds. The van der Waals surface area contributed by atoms with Crippen molar-refractivity contribution in [3.8, 4) is 11.5 Å². The number of methoxy groups -OCH3 is 1. The van der Waals surface area contributed by atoms with Gasteiger partial charge in [0.2, 0.25) is 5.75 Å². The quantitative estimate of drug-likeness (QED) is 0.277. The van der Waals surface area contributed by atoms with E-state index in [2.05, 4.69) is 4.74 Å². The Morgan fingerprint density at radius 2 is 2.00 bits per heavy atom. The van der Waals surface area contributed by atoms with Crippen LogP contribution in [0.5, 0.6) is 11.5 Å². The maximum atomic E-state index is 11.4. The molecule has 0 heterocycles. The topological polar surface area (TPSA) is 127 Å². The Morgan fingerprint density at radius 1 is 1.38 bits per heavy atom. The molecule has 0 bridgehead atoms. The number of ether oxygens (including phenoxy) is 1. The molecule has 2 N–H and O–H groups in total. The second-order valence-electron chi connectivity index (χ2n) is 4.14. The molecule has 1 aromatic carbocycles. The molecule has 0 spiro atoms. The van der Waals surface area contributed by atoms with Gasteiger partial charge in [0.05, 0.1) is 18.5 Å². The summed E-state index contributed by atoms with van der Waals surface area (Å²) in [6, 6.07) is 2.03. The number of benzene rings is 1. The van der Waals surface area contributed by atoms with Gasteiger partial charge in [-0.2, -0.15) is 0 Å². The lowest BCUT2D eigenvalue weighted by Crippen LogP contribution is -2.06. The number of nitro groups is 1. The highest BCUT2D eigenvalue weighted by Gasteiger charge is 2.19. The molecule has 0 aliphatic carbocycles. The first-order valence-electron chi connectivity index (χ1n) is 5.75. The van der Waals surface area contributed by atoms with Crippen LogP contribution in [0.2, 0.25) is 0 Å². The Balaban J connectivity index is 3.31. The molecule has 112 valence electrons. The molecular weight excluding hydrogens is 282 g/mol. The van der Waals surface area contributed by atoms with Crippen molar-refractivity contribution < 1.29 is 29.5 Å². The van der Waals surface area contributed by atoms with Crippen molar-refractivity contribution in [3.05, 3.63) is 33.4 Å². The van der Waals surface area contributed by atoms with Gasteiger partial charge < -0.3 is 14.9 Å². The van der Waals surface area contributed by atoms with E-state index in [-0.39, 0.29) is 17.6 Å². The van der Waals surface area contributed by atoms with Crippen LogP contribution in [0.25, 0.3) is 6.08 Å². The van der Waals surface area contributed by atoms with Crippen molar-refractivity contribution in [2.24, 2.45) is 0 Å². The lowest BCUT2D eigenvalue weighted by atomic mass is 10.0. The average Bonchev–Trinajstić information content (AvgIpc) is 2.41. The number of esters is 1. The van der Waals surface area contributed by atoms with Gasteiger partial charge in [0, 0.05) is 11.6 Å². The summed E-state index contributed by atoms with van der Waals surface area (Å²) in [5.41, 5.74) is -0.547. The SMILES string of the molecule is COC(=O)C/C(=C/c1cc(O)c(O)c([N+](=O)[O-])c1)C(C)=O. The normalized spacial score (nSPS) is 11.0. The predicted molar refractivity (Wildman–Crippen MR) is 71.7 cm³/mol. The summed E-state index contributed by atoms with van der Waals surface area (Å²) in [4.78, 5) is 32.5. The number of carbonyl (C=O) groups is 2. The maximum absolute atomic E-state index is 11.4. The lowest BCUT2D eigenvalue weighted by molar-refractivity contribution is -0.386. The highest BCUT2D eigenvalue weighted by Crippen LogP contribution is 2.36. The summed E-state index contributed by atoms with van der Waals surface area (Å²) >= 11 is 0. The van der Waals surface area contributed by atoms with Gasteiger partial charge in [0.15, 0.2) is 11.5 Å². The predicted octanol–water partition coefficient (Wildman–Crippen LogP) is 1.54. The fourth-order valence-electron chi connectivity index (χ4n) is 1.55. The van der Waals surface area contributed by atoms with Crippen LogP contribution in [0.15, 0.2) is 17.7 Å². The van der Waals surface area contributed by atoms with E-state index in [4.69, 9.17) is 0 Å². The first-order valence-corrected chi connectivity index (χ1v) is 5.75. The van der Waals surface area contributed by atoms with E-state index in [1.807, 2.05) is 0 Å². The maximum Gasteiger partial charge on any atom is 0.315 e. The minimum absolute atomic E-state index is 0.0567. The van der Waals surface area contributed by atoms with E-state index in [0.717, 1.165) is 19.2 Å². The summed E-state index contributed by atoms with van der Waals surface area (Å²) in [5.74, 6) is -2.63. The molecule has 0 fully saturated rings.